The molecule has 0 aliphatic heterocycles. The summed E-state index contributed by atoms with van der Waals surface area (Å²) < 4.78 is 6.95. The number of amides is 1. The van der Waals surface area contributed by atoms with Gasteiger partial charge >= 0.3 is 0 Å². The van der Waals surface area contributed by atoms with Gasteiger partial charge in [0, 0.05) is 17.3 Å². The molecule has 0 aliphatic rings. The van der Waals surface area contributed by atoms with E-state index in [0.717, 1.165) is 5.56 Å². The Labute approximate surface area is 186 Å². The second-order valence-corrected chi connectivity index (χ2v) is 7.47. The fourth-order valence-electron chi connectivity index (χ4n) is 3.45. The minimum absolute atomic E-state index is 0.0860. The fraction of sp³-hybridized carbons (Fsp3) is 0. The number of carbonyl (C=O) groups excluding carboxylic acids is 1. The predicted octanol–water partition coefficient (Wildman–Crippen LogP) is 4.46. The SMILES string of the molecule is NC(=O)c1ccc(-c2ccc(-c3nc4ccccc4c(=O)n3-c3ccc(Cl)cn3)cc2)o1. The molecular weight excluding hydrogens is 428 g/mol. The molecule has 7 nitrogen and oxygen atoms in total. The Hall–Kier alpha value is -4.23. The van der Waals surface area contributed by atoms with Crippen LogP contribution in [0.1, 0.15) is 10.6 Å². The molecule has 3 aromatic heterocycles. The highest BCUT2D eigenvalue weighted by atomic mass is 35.5. The molecule has 0 radical (unpaired) electrons. The van der Waals surface area contributed by atoms with Gasteiger partial charge in [0.1, 0.15) is 17.4 Å². The predicted molar refractivity (Wildman–Crippen MR) is 122 cm³/mol. The van der Waals surface area contributed by atoms with E-state index >= 15 is 0 Å². The number of primary amides is 1. The van der Waals surface area contributed by atoms with Crippen LogP contribution in [-0.4, -0.2) is 20.4 Å². The molecule has 0 spiro atoms. The molecule has 0 unspecified atom stereocenters. The zero-order chi connectivity index (χ0) is 22.2. The lowest BCUT2D eigenvalue weighted by atomic mass is 10.1. The number of pyridine rings is 1. The van der Waals surface area contributed by atoms with Gasteiger partial charge in [-0.3, -0.25) is 9.59 Å². The molecule has 8 heteroatoms. The smallest absolute Gasteiger partial charge is 0.284 e. The fourth-order valence-corrected chi connectivity index (χ4v) is 3.56. The van der Waals surface area contributed by atoms with Crippen LogP contribution in [-0.2, 0) is 0 Å². The third-order valence-corrected chi connectivity index (χ3v) is 5.22. The first kappa shape index (κ1) is 19.7. The maximum atomic E-state index is 13.4. The van der Waals surface area contributed by atoms with Gasteiger partial charge in [0.05, 0.1) is 15.9 Å². The van der Waals surface area contributed by atoms with Crippen molar-refractivity contribution >= 4 is 28.4 Å². The lowest BCUT2D eigenvalue weighted by Crippen LogP contribution is -2.22. The molecule has 2 aromatic carbocycles. The van der Waals surface area contributed by atoms with Gasteiger partial charge in [0.2, 0.25) is 0 Å². The number of fused-ring (bicyclic) bond motifs is 1. The van der Waals surface area contributed by atoms with Gasteiger partial charge in [0.25, 0.3) is 11.5 Å². The van der Waals surface area contributed by atoms with Crippen LogP contribution in [0.2, 0.25) is 5.02 Å². The normalized spacial score (nSPS) is 11.0. The zero-order valence-electron chi connectivity index (χ0n) is 16.5. The Morgan fingerprint density at radius 1 is 0.938 bits per heavy atom. The van der Waals surface area contributed by atoms with Crippen LogP contribution in [0.4, 0.5) is 0 Å². The number of benzene rings is 2. The first-order valence-corrected chi connectivity index (χ1v) is 10.0. The van der Waals surface area contributed by atoms with Gasteiger partial charge < -0.3 is 10.2 Å². The Balaban J connectivity index is 1.67. The summed E-state index contributed by atoms with van der Waals surface area (Å²) in [6.45, 7) is 0. The molecule has 0 bridgehead atoms. The molecule has 3 heterocycles. The number of furan rings is 1. The van der Waals surface area contributed by atoms with Crippen LogP contribution in [0.5, 0.6) is 0 Å². The molecule has 0 saturated heterocycles. The molecule has 0 aliphatic carbocycles. The van der Waals surface area contributed by atoms with Gasteiger partial charge in [-0.25, -0.2) is 14.5 Å². The van der Waals surface area contributed by atoms with Crippen LogP contribution in [0, 0.1) is 0 Å². The van der Waals surface area contributed by atoms with Gasteiger partial charge in [0.15, 0.2) is 5.76 Å². The van der Waals surface area contributed by atoms with Crippen molar-refractivity contribution < 1.29 is 9.21 Å². The van der Waals surface area contributed by atoms with E-state index in [1.807, 2.05) is 30.3 Å². The lowest BCUT2D eigenvalue weighted by Gasteiger charge is -2.13. The van der Waals surface area contributed by atoms with Crippen LogP contribution >= 0.6 is 11.6 Å². The topological polar surface area (TPSA) is 104 Å². The summed E-state index contributed by atoms with van der Waals surface area (Å²) in [4.78, 5) is 33.7. The molecule has 2 N–H and O–H groups in total. The number of rotatable bonds is 4. The molecule has 5 aromatic rings. The molecule has 5 rings (SSSR count). The summed E-state index contributed by atoms with van der Waals surface area (Å²) in [5.74, 6) is 0.811. The van der Waals surface area contributed by atoms with E-state index in [9.17, 15) is 9.59 Å². The minimum Gasteiger partial charge on any atom is -0.451 e. The highest BCUT2D eigenvalue weighted by Crippen LogP contribution is 2.27. The number of hydrogen-bond donors (Lipinski definition) is 1. The molecular formula is C24H15ClN4O3. The average molecular weight is 443 g/mol. The number of nitrogens with zero attached hydrogens (tertiary/aromatic N) is 3. The Kier molecular flexibility index (Phi) is 4.80. The Morgan fingerprint density at radius 3 is 2.38 bits per heavy atom. The summed E-state index contributed by atoms with van der Waals surface area (Å²) in [6.07, 6.45) is 1.48. The first-order chi connectivity index (χ1) is 15.5. The maximum absolute atomic E-state index is 13.4. The van der Waals surface area contributed by atoms with E-state index in [-0.39, 0.29) is 11.3 Å². The van der Waals surface area contributed by atoms with Crippen molar-refractivity contribution in [2.75, 3.05) is 0 Å². The van der Waals surface area contributed by atoms with E-state index in [4.69, 9.17) is 26.7 Å². The van der Waals surface area contributed by atoms with E-state index in [1.54, 1.807) is 36.4 Å². The van der Waals surface area contributed by atoms with E-state index in [2.05, 4.69) is 4.98 Å². The van der Waals surface area contributed by atoms with Crippen molar-refractivity contribution in [2.45, 2.75) is 0 Å². The second kappa shape index (κ2) is 7.79. The maximum Gasteiger partial charge on any atom is 0.284 e. The number of para-hydroxylation sites is 1. The van der Waals surface area contributed by atoms with E-state index in [0.29, 0.717) is 38.9 Å². The second-order valence-electron chi connectivity index (χ2n) is 7.03. The molecule has 0 fully saturated rings. The molecule has 0 atom stereocenters. The van der Waals surface area contributed by atoms with Gasteiger partial charge in [-0.2, -0.15) is 0 Å². The zero-order valence-corrected chi connectivity index (χ0v) is 17.3. The van der Waals surface area contributed by atoms with Crippen LogP contribution in [0.15, 0.2) is 88.2 Å². The highest BCUT2D eigenvalue weighted by Gasteiger charge is 2.16. The van der Waals surface area contributed by atoms with E-state index in [1.165, 1.54) is 16.8 Å². The van der Waals surface area contributed by atoms with Gasteiger partial charge in [-0.1, -0.05) is 48.0 Å². The molecule has 156 valence electrons. The van der Waals surface area contributed by atoms with Crippen molar-refractivity contribution in [3.8, 4) is 28.5 Å². The Bertz CT molecular complexity index is 1520. The number of nitrogens with two attached hydrogens (primary N) is 1. The third kappa shape index (κ3) is 3.44. The Morgan fingerprint density at radius 2 is 1.69 bits per heavy atom. The summed E-state index contributed by atoms with van der Waals surface area (Å²) in [6, 6.07) is 21.0. The first-order valence-electron chi connectivity index (χ1n) is 9.65. The number of hydrogen-bond acceptors (Lipinski definition) is 5. The van der Waals surface area contributed by atoms with Crippen molar-refractivity contribution in [2.24, 2.45) is 5.73 Å². The highest BCUT2D eigenvalue weighted by molar-refractivity contribution is 6.30. The van der Waals surface area contributed by atoms with Crippen molar-refractivity contribution in [3.63, 3.8) is 0 Å². The average Bonchev–Trinajstić information content (AvgIpc) is 3.31. The van der Waals surface area contributed by atoms with Crippen molar-refractivity contribution in [1.82, 2.24) is 14.5 Å². The lowest BCUT2D eigenvalue weighted by molar-refractivity contribution is 0.0974. The van der Waals surface area contributed by atoms with Crippen LogP contribution in [0.25, 0.3) is 39.4 Å². The standard InChI is InChI=1S/C24H15ClN4O3/c25-16-9-12-21(27-13-16)29-23(28-18-4-2-1-3-17(18)24(29)31)15-7-5-14(6-8-15)19-10-11-20(32-19)22(26)30/h1-13H,(H2,26,30). The number of aromatic nitrogens is 3. The van der Waals surface area contributed by atoms with Gasteiger partial charge in [-0.15, -0.1) is 0 Å². The largest absolute Gasteiger partial charge is 0.451 e. The minimum atomic E-state index is -0.632. The summed E-state index contributed by atoms with van der Waals surface area (Å²) in [7, 11) is 0. The van der Waals surface area contributed by atoms with Gasteiger partial charge in [-0.05, 0) is 36.4 Å². The summed E-state index contributed by atoms with van der Waals surface area (Å²) >= 11 is 5.98. The van der Waals surface area contributed by atoms with E-state index < -0.39 is 5.91 Å². The quantitative estimate of drug-likeness (QED) is 0.442. The monoisotopic (exact) mass is 442 g/mol. The van der Waals surface area contributed by atoms with Crippen LogP contribution in [0.3, 0.4) is 0 Å². The third-order valence-electron chi connectivity index (χ3n) is 4.99. The van der Waals surface area contributed by atoms with Crippen molar-refractivity contribution in [1.29, 1.82) is 0 Å². The molecule has 32 heavy (non-hydrogen) atoms. The van der Waals surface area contributed by atoms with Crippen molar-refractivity contribution in [3.05, 3.63) is 100 Å². The summed E-state index contributed by atoms with van der Waals surface area (Å²) in [5, 5.41) is 0.953. The number of halogens is 1. The molecule has 1 amide bonds. The number of carbonyl (C=O) groups is 1. The summed E-state index contributed by atoms with van der Waals surface area (Å²) in [5.41, 5.74) is 7.06. The van der Waals surface area contributed by atoms with Crippen LogP contribution < -0.4 is 11.3 Å². The molecule has 0 saturated carbocycles.